The van der Waals surface area contributed by atoms with Gasteiger partial charge in [-0.3, -0.25) is 4.98 Å². The van der Waals surface area contributed by atoms with Crippen molar-refractivity contribution in [2.75, 3.05) is 13.7 Å². The van der Waals surface area contributed by atoms with Gasteiger partial charge in [0.15, 0.2) is 0 Å². The van der Waals surface area contributed by atoms with Gasteiger partial charge in [0.25, 0.3) is 0 Å². The van der Waals surface area contributed by atoms with E-state index >= 15 is 0 Å². The zero-order chi connectivity index (χ0) is 14.5. The number of ether oxygens (including phenoxy) is 1. The number of nitrogens with one attached hydrogen (secondary N) is 1. The van der Waals surface area contributed by atoms with E-state index in [1.54, 1.807) is 13.3 Å². The van der Waals surface area contributed by atoms with Crippen molar-refractivity contribution in [3.05, 3.63) is 47.2 Å². The molecule has 0 saturated carbocycles. The Morgan fingerprint density at radius 2 is 2.20 bits per heavy atom. The van der Waals surface area contributed by atoms with Gasteiger partial charge in [-0.2, -0.15) is 0 Å². The Balaban J connectivity index is 2.44. The number of nitrogens with zero attached hydrogens (tertiary/aromatic N) is 1. The van der Waals surface area contributed by atoms with E-state index in [9.17, 15) is 0 Å². The van der Waals surface area contributed by atoms with Gasteiger partial charge < -0.3 is 14.5 Å². The molecule has 1 N–H and O–H groups in total. The lowest BCUT2D eigenvalue weighted by molar-refractivity contribution is 0.399. The molecule has 0 amide bonds. The first-order valence-corrected chi connectivity index (χ1v) is 6.96. The van der Waals surface area contributed by atoms with Crippen LogP contribution >= 0.6 is 0 Å². The second kappa shape index (κ2) is 6.57. The second-order valence-electron chi connectivity index (χ2n) is 4.85. The molecule has 2 aromatic heterocycles. The van der Waals surface area contributed by atoms with Gasteiger partial charge in [-0.25, -0.2) is 0 Å². The normalized spacial score (nSPS) is 12.4. The van der Waals surface area contributed by atoms with Crippen LogP contribution in [0.3, 0.4) is 0 Å². The highest BCUT2D eigenvalue weighted by atomic mass is 16.5. The Kier molecular flexibility index (Phi) is 4.79. The molecule has 2 aromatic rings. The minimum absolute atomic E-state index is 0.0106. The van der Waals surface area contributed by atoms with Crippen molar-refractivity contribution in [2.24, 2.45) is 0 Å². The third-order valence-electron chi connectivity index (χ3n) is 3.28. The predicted octanol–water partition coefficient (Wildman–Crippen LogP) is 3.39. The van der Waals surface area contributed by atoms with Crippen molar-refractivity contribution < 1.29 is 9.15 Å². The molecule has 0 aliphatic rings. The number of methoxy groups -OCH3 is 1. The van der Waals surface area contributed by atoms with Gasteiger partial charge >= 0.3 is 0 Å². The molecule has 0 fully saturated rings. The predicted molar refractivity (Wildman–Crippen MR) is 79.1 cm³/mol. The third kappa shape index (κ3) is 3.02. The number of aromatic nitrogens is 1. The van der Waals surface area contributed by atoms with E-state index in [1.165, 1.54) is 0 Å². The molecule has 1 unspecified atom stereocenters. The van der Waals surface area contributed by atoms with Crippen molar-refractivity contribution in [1.29, 1.82) is 0 Å². The smallest absolute Gasteiger partial charge is 0.142 e. The van der Waals surface area contributed by atoms with Crippen LogP contribution in [0.2, 0.25) is 0 Å². The second-order valence-corrected chi connectivity index (χ2v) is 4.85. The zero-order valence-electron chi connectivity index (χ0n) is 12.6. The fourth-order valence-electron chi connectivity index (χ4n) is 2.37. The van der Waals surface area contributed by atoms with Crippen LogP contribution in [-0.2, 0) is 0 Å². The molecule has 0 radical (unpaired) electrons. The summed E-state index contributed by atoms with van der Waals surface area (Å²) in [5.41, 5.74) is 2.01. The van der Waals surface area contributed by atoms with Crippen LogP contribution in [0, 0.1) is 13.8 Å². The number of aryl methyl sites for hydroxylation is 2. The summed E-state index contributed by atoms with van der Waals surface area (Å²) in [5, 5.41) is 3.53. The van der Waals surface area contributed by atoms with Crippen molar-refractivity contribution >= 4 is 0 Å². The van der Waals surface area contributed by atoms with Gasteiger partial charge in [-0.15, -0.1) is 0 Å². The van der Waals surface area contributed by atoms with Crippen LogP contribution in [0.4, 0.5) is 0 Å². The van der Waals surface area contributed by atoms with Gasteiger partial charge in [-0.05, 0) is 45.0 Å². The van der Waals surface area contributed by atoms with Gasteiger partial charge in [0.05, 0.1) is 13.2 Å². The first-order valence-electron chi connectivity index (χ1n) is 6.96. The third-order valence-corrected chi connectivity index (χ3v) is 3.28. The minimum Gasteiger partial charge on any atom is -0.495 e. The van der Waals surface area contributed by atoms with Crippen LogP contribution in [0.5, 0.6) is 5.75 Å². The maximum atomic E-state index is 5.66. The topological polar surface area (TPSA) is 47.3 Å². The summed E-state index contributed by atoms with van der Waals surface area (Å²) >= 11 is 0. The van der Waals surface area contributed by atoms with Crippen LogP contribution < -0.4 is 10.1 Å². The minimum atomic E-state index is -0.0106. The summed E-state index contributed by atoms with van der Waals surface area (Å²) in [5.74, 6) is 2.62. The van der Waals surface area contributed by atoms with E-state index in [2.05, 4.69) is 23.3 Å². The number of pyridine rings is 1. The fourth-order valence-corrected chi connectivity index (χ4v) is 2.37. The number of hydrogen-bond acceptors (Lipinski definition) is 4. The molecule has 0 spiro atoms. The lowest BCUT2D eigenvalue weighted by Crippen LogP contribution is -2.24. The molecule has 1 atom stereocenters. The highest BCUT2D eigenvalue weighted by Crippen LogP contribution is 2.31. The monoisotopic (exact) mass is 274 g/mol. The molecular weight excluding hydrogens is 252 g/mol. The molecule has 2 heterocycles. The van der Waals surface area contributed by atoms with E-state index in [-0.39, 0.29) is 6.04 Å². The Morgan fingerprint density at radius 1 is 1.40 bits per heavy atom. The lowest BCUT2D eigenvalue weighted by atomic mass is 10.0. The highest BCUT2D eigenvalue weighted by molar-refractivity contribution is 5.38. The van der Waals surface area contributed by atoms with E-state index in [1.807, 2.05) is 26.0 Å². The molecule has 20 heavy (non-hydrogen) atoms. The van der Waals surface area contributed by atoms with E-state index < -0.39 is 0 Å². The molecule has 4 heteroatoms. The SMILES string of the molecule is CCCNC(c1cc(C)oc1C)c1ncccc1OC. The highest BCUT2D eigenvalue weighted by Gasteiger charge is 2.22. The summed E-state index contributed by atoms with van der Waals surface area (Å²) < 4.78 is 11.1. The largest absolute Gasteiger partial charge is 0.495 e. The number of hydrogen-bond donors (Lipinski definition) is 1. The Hall–Kier alpha value is -1.81. The van der Waals surface area contributed by atoms with Crippen molar-refractivity contribution in [3.63, 3.8) is 0 Å². The summed E-state index contributed by atoms with van der Waals surface area (Å²) in [4.78, 5) is 4.50. The van der Waals surface area contributed by atoms with Crippen molar-refractivity contribution in [1.82, 2.24) is 10.3 Å². The van der Waals surface area contributed by atoms with E-state index in [0.717, 1.165) is 41.5 Å². The first-order chi connectivity index (χ1) is 9.67. The maximum absolute atomic E-state index is 5.66. The van der Waals surface area contributed by atoms with Gasteiger partial charge in [-0.1, -0.05) is 6.92 Å². The van der Waals surface area contributed by atoms with E-state index in [0.29, 0.717) is 0 Å². The number of furan rings is 1. The standard InChI is InChI=1S/C16H22N2O2/c1-5-8-17-15(13-10-11(2)20-12(13)3)16-14(19-4)7-6-9-18-16/h6-7,9-10,15,17H,5,8H2,1-4H3. The molecule has 0 bridgehead atoms. The van der Waals surface area contributed by atoms with Gasteiger partial charge in [0.2, 0.25) is 0 Å². The Bertz CT molecular complexity index is 563. The fraction of sp³-hybridized carbons (Fsp3) is 0.438. The average molecular weight is 274 g/mol. The average Bonchev–Trinajstić information content (AvgIpc) is 2.79. The van der Waals surface area contributed by atoms with Crippen molar-refractivity contribution in [3.8, 4) is 5.75 Å². The van der Waals surface area contributed by atoms with Crippen LogP contribution in [0.15, 0.2) is 28.8 Å². The Morgan fingerprint density at radius 3 is 2.80 bits per heavy atom. The van der Waals surface area contributed by atoms with E-state index in [4.69, 9.17) is 9.15 Å². The molecule has 0 aliphatic heterocycles. The molecule has 0 saturated heterocycles. The molecule has 4 nitrogen and oxygen atoms in total. The molecule has 2 rings (SSSR count). The molecule has 0 aliphatic carbocycles. The zero-order valence-corrected chi connectivity index (χ0v) is 12.6. The lowest BCUT2D eigenvalue weighted by Gasteiger charge is -2.19. The quantitative estimate of drug-likeness (QED) is 0.877. The summed E-state index contributed by atoms with van der Waals surface area (Å²) in [6.07, 6.45) is 2.85. The molecule has 108 valence electrons. The Labute approximate surface area is 120 Å². The van der Waals surface area contributed by atoms with Crippen molar-refractivity contribution in [2.45, 2.75) is 33.2 Å². The molecular formula is C16H22N2O2. The van der Waals surface area contributed by atoms with Crippen LogP contribution in [0.1, 0.15) is 42.2 Å². The maximum Gasteiger partial charge on any atom is 0.142 e. The van der Waals surface area contributed by atoms with Crippen LogP contribution in [0.25, 0.3) is 0 Å². The van der Waals surface area contributed by atoms with Gasteiger partial charge in [0.1, 0.15) is 23.0 Å². The molecule has 0 aromatic carbocycles. The summed E-state index contributed by atoms with van der Waals surface area (Å²) in [6.45, 7) is 7.00. The van der Waals surface area contributed by atoms with Crippen LogP contribution in [-0.4, -0.2) is 18.6 Å². The first kappa shape index (κ1) is 14.6. The summed E-state index contributed by atoms with van der Waals surface area (Å²) in [7, 11) is 1.67. The summed E-state index contributed by atoms with van der Waals surface area (Å²) in [6, 6.07) is 5.87. The van der Waals surface area contributed by atoms with Gasteiger partial charge in [0, 0.05) is 11.8 Å². The number of rotatable bonds is 6.